The van der Waals surface area contributed by atoms with Gasteiger partial charge in [-0.25, -0.2) is 8.78 Å². The van der Waals surface area contributed by atoms with Crippen molar-refractivity contribution in [1.29, 1.82) is 0 Å². The summed E-state index contributed by atoms with van der Waals surface area (Å²) in [5.41, 5.74) is -0.0718. The van der Waals surface area contributed by atoms with Crippen molar-refractivity contribution < 1.29 is 13.9 Å². The molecule has 0 heterocycles. The van der Waals surface area contributed by atoms with Crippen molar-refractivity contribution in [3.63, 3.8) is 0 Å². The van der Waals surface area contributed by atoms with Crippen LogP contribution in [0.25, 0.3) is 0 Å². The number of hydrogen-bond donors (Lipinski definition) is 1. The molecule has 0 saturated carbocycles. The predicted octanol–water partition coefficient (Wildman–Crippen LogP) is 1.96. The minimum Gasteiger partial charge on any atom is -0.358 e. The smallest absolute Gasteiger partial charge is 0.230 e. The fourth-order valence-corrected chi connectivity index (χ4v) is 0.772. The standard InChI is InChI=1S/C8H8F2O/c1-8(10,11)6-3-2-4-7(9)5-6/h2-5,11H,1H3. The van der Waals surface area contributed by atoms with Gasteiger partial charge in [-0.15, -0.1) is 0 Å². The van der Waals surface area contributed by atoms with Gasteiger partial charge in [-0.3, -0.25) is 0 Å². The Balaban J connectivity index is 3.06. The van der Waals surface area contributed by atoms with Gasteiger partial charge >= 0.3 is 0 Å². The first-order chi connectivity index (χ1) is 5.00. The van der Waals surface area contributed by atoms with Crippen LogP contribution in [0.15, 0.2) is 24.3 Å². The number of rotatable bonds is 1. The average Bonchev–Trinajstić information content (AvgIpc) is 1.86. The van der Waals surface area contributed by atoms with E-state index >= 15 is 0 Å². The summed E-state index contributed by atoms with van der Waals surface area (Å²) >= 11 is 0. The summed E-state index contributed by atoms with van der Waals surface area (Å²) in [6.45, 7) is 0.960. The first-order valence-electron chi connectivity index (χ1n) is 3.17. The predicted molar refractivity (Wildman–Crippen MR) is 37.1 cm³/mol. The maximum absolute atomic E-state index is 12.7. The third kappa shape index (κ3) is 1.98. The van der Waals surface area contributed by atoms with Crippen molar-refractivity contribution in [3.8, 4) is 0 Å². The van der Waals surface area contributed by atoms with Gasteiger partial charge in [0.2, 0.25) is 5.85 Å². The number of alkyl halides is 1. The van der Waals surface area contributed by atoms with Crippen LogP contribution in [0.5, 0.6) is 0 Å². The Labute approximate surface area is 63.3 Å². The van der Waals surface area contributed by atoms with Gasteiger partial charge in [-0.1, -0.05) is 12.1 Å². The van der Waals surface area contributed by atoms with E-state index in [1.165, 1.54) is 18.2 Å². The van der Waals surface area contributed by atoms with Crippen LogP contribution >= 0.6 is 0 Å². The van der Waals surface area contributed by atoms with Crippen LogP contribution in [0.2, 0.25) is 0 Å². The summed E-state index contributed by atoms with van der Waals surface area (Å²) in [4.78, 5) is 0. The van der Waals surface area contributed by atoms with E-state index in [2.05, 4.69) is 0 Å². The molecule has 1 rings (SSSR count). The normalized spacial score (nSPS) is 16.0. The van der Waals surface area contributed by atoms with E-state index in [4.69, 9.17) is 5.11 Å². The van der Waals surface area contributed by atoms with E-state index in [0.29, 0.717) is 0 Å². The molecular weight excluding hydrogens is 150 g/mol. The van der Waals surface area contributed by atoms with E-state index in [1.807, 2.05) is 0 Å². The Bertz CT molecular complexity index is 253. The lowest BCUT2D eigenvalue weighted by Crippen LogP contribution is -2.13. The van der Waals surface area contributed by atoms with Gasteiger partial charge in [0.25, 0.3) is 0 Å². The topological polar surface area (TPSA) is 20.2 Å². The maximum atomic E-state index is 12.7. The lowest BCUT2D eigenvalue weighted by atomic mass is 10.1. The zero-order valence-electron chi connectivity index (χ0n) is 6.01. The lowest BCUT2D eigenvalue weighted by Gasteiger charge is -2.12. The van der Waals surface area contributed by atoms with E-state index in [-0.39, 0.29) is 5.56 Å². The first kappa shape index (κ1) is 8.14. The van der Waals surface area contributed by atoms with Gasteiger partial charge in [0.1, 0.15) is 5.82 Å². The van der Waals surface area contributed by atoms with Gasteiger partial charge in [0.05, 0.1) is 0 Å². The summed E-state index contributed by atoms with van der Waals surface area (Å²) in [5.74, 6) is -3.01. The highest BCUT2D eigenvalue weighted by Crippen LogP contribution is 2.21. The third-order valence-corrected chi connectivity index (χ3v) is 1.35. The fourth-order valence-electron chi connectivity index (χ4n) is 0.772. The molecule has 3 heteroatoms. The van der Waals surface area contributed by atoms with E-state index in [9.17, 15) is 8.78 Å². The SMILES string of the molecule is CC(O)(F)c1cccc(F)c1. The second kappa shape index (κ2) is 2.58. The molecule has 1 nitrogen and oxygen atoms in total. The summed E-state index contributed by atoms with van der Waals surface area (Å²) in [5, 5.41) is 8.78. The van der Waals surface area contributed by atoms with Crippen molar-refractivity contribution >= 4 is 0 Å². The fraction of sp³-hybridized carbons (Fsp3) is 0.250. The molecule has 0 radical (unpaired) electrons. The minimum absolute atomic E-state index is 0.0718. The van der Waals surface area contributed by atoms with Gasteiger partial charge < -0.3 is 5.11 Å². The Morgan fingerprint density at radius 1 is 1.45 bits per heavy atom. The van der Waals surface area contributed by atoms with Gasteiger partial charge in [-0.05, 0) is 19.1 Å². The molecule has 11 heavy (non-hydrogen) atoms. The molecule has 0 aliphatic rings. The van der Waals surface area contributed by atoms with Crippen molar-refractivity contribution in [2.75, 3.05) is 0 Å². The quantitative estimate of drug-likeness (QED) is 0.662. The molecule has 1 aromatic carbocycles. The molecule has 1 aromatic rings. The molecule has 0 saturated heterocycles. The van der Waals surface area contributed by atoms with Gasteiger partial charge in [-0.2, -0.15) is 0 Å². The van der Waals surface area contributed by atoms with Crippen molar-refractivity contribution in [2.24, 2.45) is 0 Å². The van der Waals surface area contributed by atoms with Crippen LogP contribution in [-0.2, 0) is 5.85 Å². The molecule has 0 spiro atoms. The molecule has 0 aliphatic heterocycles. The molecule has 1 unspecified atom stereocenters. The van der Waals surface area contributed by atoms with E-state index < -0.39 is 11.7 Å². The molecule has 60 valence electrons. The van der Waals surface area contributed by atoms with Crippen LogP contribution in [-0.4, -0.2) is 5.11 Å². The van der Waals surface area contributed by atoms with Gasteiger partial charge in [0.15, 0.2) is 0 Å². The van der Waals surface area contributed by atoms with Crippen LogP contribution in [0.4, 0.5) is 8.78 Å². The number of benzene rings is 1. The summed E-state index contributed by atoms with van der Waals surface area (Å²) in [6, 6.07) is 4.82. The highest BCUT2D eigenvalue weighted by atomic mass is 19.2. The molecule has 0 bridgehead atoms. The Kier molecular flexibility index (Phi) is 1.91. The lowest BCUT2D eigenvalue weighted by molar-refractivity contribution is -0.0771. The third-order valence-electron chi connectivity index (χ3n) is 1.35. The molecule has 1 atom stereocenters. The molecule has 0 fully saturated rings. The first-order valence-corrected chi connectivity index (χ1v) is 3.17. The maximum Gasteiger partial charge on any atom is 0.230 e. The van der Waals surface area contributed by atoms with Crippen molar-refractivity contribution in [1.82, 2.24) is 0 Å². The second-order valence-corrected chi connectivity index (χ2v) is 2.46. The van der Waals surface area contributed by atoms with Crippen molar-refractivity contribution in [2.45, 2.75) is 12.8 Å². The Morgan fingerprint density at radius 2 is 2.09 bits per heavy atom. The zero-order valence-corrected chi connectivity index (χ0v) is 6.01. The highest BCUT2D eigenvalue weighted by Gasteiger charge is 2.20. The number of aliphatic hydroxyl groups is 1. The molecule has 0 amide bonds. The number of halogens is 2. The van der Waals surface area contributed by atoms with Crippen LogP contribution < -0.4 is 0 Å². The molecular formula is C8H8F2O. The largest absolute Gasteiger partial charge is 0.358 e. The molecule has 0 aromatic heterocycles. The zero-order chi connectivity index (χ0) is 8.48. The van der Waals surface area contributed by atoms with Crippen LogP contribution in [0.3, 0.4) is 0 Å². The molecule has 0 aliphatic carbocycles. The average molecular weight is 158 g/mol. The molecule has 1 N–H and O–H groups in total. The summed E-state index contributed by atoms with van der Waals surface area (Å²) in [6.07, 6.45) is 0. The Hall–Kier alpha value is -0.960. The van der Waals surface area contributed by atoms with E-state index in [1.54, 1.807) is 0 Å². The van der Waals surface area contributed by atoms with Gasteiger partial charge in [0, 0.05) is 5.56 Å². The Morgan fingerprint density at radius 3 is 2.45 bits per heavy atom. The second-order valence-electron chi connectivity index (χ2n) is 2.46. The van der Waals surface area contributed by atoms with Crippen LogP contribution in [0.1, 0.15) is 12.5 Å². The summed E-state index contributed by atoms with van der Waals surface area (Å²) in [7, 11) is 0. The van der Waals surface area contributed by atoms with Crippen LogP contribution in [0, 0.1) is 5.82 Å². The van der Waals surface area contributed by atoms with Crippen molar-refractivity contribution in [3.05, 3.63) is 35.6 Å². The highest BCUT2D eigenvalue weighted by molar-refractivity contribution is 5.19. The minimum atomic E-state index is -2.46. The van der Waals surface area contributed by atoms with E-state index in [0.717, 1.165) is 13.0 Å². The summed E-state index contributed by atoms with van der Waals surface area (Å²) < 4.78 is 25.1. The monoisotopic (exact) mass is 158 g/mol. The number of hydrogen-bond acceptors (Lipinski definition) is 1.